The molecule has 8 nitrogen and oxygen atoms in total. The number of nitrogens with two attached hydrogens (primary N) is 1. The zero-order valence-corrected chi connectivity index (χ0v) is 13.9. The van der Waals surface area contributed by atoms with E-state index in [0.29, 0.717) is 17.0 Å². The van der Waals surface area contributed by atoms with Crippen molar-refractivity contribution in [3.63, 3.8) is 0 Å². The summed E-state index contributed by atoms with van der Waals surface area (Å²) < 4.78 is 10.0. The Hall–Kier alpha value is -3.68. The molecule has 0 bridgehead atoms. The highest BCUT2D eigenvalue weighted by atomic mass is 16.5. The van der Waals surface area contributed by atoms with Crippen LogP contribution in [-0.2, 0) is 9.53 Å². The van der Waals surface area contributed by atoms with E-state index in [-0.39, 0.29) is 11.6 Å². The molecule has 0 saturated carbocycles. The van der Waals surface area contributed by atoms with Gasteiger partial charge in [-0.2, -0.15) is 0 Å². The molecule has 0 aliphatic carbocycles. The second-order valence-electron chi connectivity index (χ2n) is 5.31. The van der Waals surface area contributed by atoms with Crippen LogP contribution in [-0.4, -0.2) is 29.0 Å². The minimum absolute atomic E-state index is 0.00809. The molecule has 0 aliphatic rings. The summed E-state index contributed by atoms with van der Waals surface area (Å²) in [5.41, 5.74) is 6.65. The summed E-state index contributed by atoms with van der Waals surface area (Å²) in [7, 11) is 1.25. The summed E-state index contributed by atoms with van der Waals surface area (Å²) in [4.78, 5) is 32.7. The van der Waals surface area contributed by atoms with Gasteiger partial charge >= 0.3 is 5.97 Å². The summed E-state index contributed by atoms with van der Waals surface area (Å²) in [6.45, 7) is 0. The summed E-state index contributed by atoms with van der Waals surface area (Å²) in [5, 5.41) is 2.61. The highest BCUT2D eigenvalue weighted by molar-refractivity contribution is 5.96. The molecule has 0 saturated heterocycles. The average Bonchev–Trinajstić information content (AvgIpc) is 3.20. The van der Waals surface area contributed by atoms with E-state index in [9.17, 15) is 9.59 Å². The molecule has 3 rings (SSSR count). The van der Waals surface area contributed by atoms with Gasteiger partial charge in [-0.3, -0.25) is 4.79 Å². The number of hydrogen-bond donors (Lipinski definition) is 2. The fourth-order valence-electron chi connectivity index (χ4n) is 2.38. The van der Waals surface area contributed by atoms with Gasteiger partial charge < -0.3 is 20.2 Å². The maximum absolute atomic E-state index is 12.6. The topological polar surface area (TPSA) is 120 Å². The number of nitrogens with one attached hydrogen (secondary N) is 1. The third-order valence-corrected chi connectivity index (χ3v) is 3.59. The molecule has 3 aromatic rings. The smallest absolute Gasteiger partial charge is 0.333 e. The van der Waals surface area contributed by atoms with Gasteiger partial charge in [-0.1, -0.05) is 30.3 Å². The van der Waals surface area contributed by atoms with Crippen molar-refractivity contribution in [1.82, 2.24) is 15.3 Å². The molecule has 1 aromatic carbocycles. The number of carbonyl (C=O) groups is 2. The summed E-state index contributed by atoms with van der Waals surface area (Å²) in [6, 6.07) is 12.6. The van der Waals surface area contributed by atoms with Crippen LogP contribution < -0.4 is 11.1 Å². The predicted octanol–water partition coefficient (Wildman–Crippen LogP) is 1.96. The van der Waals surface area contributed by atoms with Gasteiger partial charge in [0.2, 0.25) is 5.95 Å². The third-order valence-electron chi connectivity index (χ3n) is 3.59. The van der Waals surface area contributed by atoms with Crippen LogP contribution in [0.15, 0.2) is 59.2 Å². The first-order valence-electron chi connectivity index (χ1n) is 7.70. The van der Waals surface area contributed by atoms with E-state index in [1.807, 2.05) is 0 Å². The Kier molecular flexibility index (Phi) is 4.93. The zero-order chi connectivity index (χ0) is 18.5. The lowest BCUT2D eigenvalue weighted by Crippen LogP contribution is -2.35. The first kappa shape index (κ1) is 17.2. The van der Waals surface area contributed by atoms with Gasteiger partial charge in [0.05, 0.1) is 13.4 Å². The normalized spacial score (nSPS) is 11.6. The number of anilines is 1. The number of nitrogens with zero attached hydrogens (tertiary/aromatic N) is 2. The maximum Gasteiger partial charge on any atom is 0.333 e. The number of aromatic nitrogens is 2. The second-order valence-corrected chi connectivity index (χ2v) is 5.31. The number of nitrogen functional groups attached to an aromatic ring is 1. The van der Waals surface area contributed by atoms with E-state index < -0.39 is 17.9 Å². The molecule has 0 fully saturated rings. The van der Waals surface area contributed by atoms with Crippen LogP contribution >= 0.6 is 0 Å². The zero-order valence-electron chi connectivity index (χ0n) is 13.9. The minimum atomic E-state index is -0.975. The first-order chi connectivity index (χ1) is 12.6. The summed E-state index contributed by atoms with van der Waals surface area (Å²) in [5.74, 6) is -0.830. The van der Waals surface area contributed by atoms with Crippen LogP contribution in [0.25, 0.3) is 11.5 Å². The molecule has 0 radical (unpaired) electrons. The highest BCUT2D eigenvalue weighted by Gasteiger charge is 2.25. The summed E-state index contributed by atoms with van der Waals surface area (Å²) >= 11 is 0. The Morgan fingerprint density at radius 2 is 1.92 bits per heavy atom. The molecule has 8 heteroatoms. The van der Waals surface area contributed by atoms with Crippen LogP contribution in [0.4, 0.5) is 5.95 Å². The summed E-state index contributed by atoms with van der Waals surface area (Å²) in [6.07, 6.45) is 1.48. The van der Waals surface area contributed by atoms with E-state index in [2.05, 4.69) is 15.3 Å². The van der Waals surface area contributed by atoms with Crippen LogP contribution in [0.3, 0.4) is 0 Å². The van der Waals surface area contributed by atoms with Crippen molar-refractivity contribution in [3.8, 4) is 11.5 Å². The molecule has 0 unspecified atom stereocenters. The predicted molar refractivity (Wildman–Crippen MR) is 92.8 cm³/mol. The van der Waals surface area contributed by atoms with Crippen molar-refractivity contribution >= 4 is 17.8 Å². The molecule has 132 valence electrons. The van der Waals surface area contributed by atoms with Gasteiger partial charge in [0.15, 0.2) is 11.8 Å². The van der Waals surface area contributed by atoms with Gasteiger partial charge in [-0.05, 0) is 23.8 Å². The molecule has 3 N–H and O–H groups in total. The lowest BCUT2D eigenvalue weighted by atomic mass is 10.1. The van der Waals surface area contributed by atoms with Gasteiger partial charge in [-0.15, -0.1) is 0 Å². The maximum atomic E-state index is 12.6. The van der Waals surface area contributed by atoms with Crippen molar-refractivity contribution in [2.24, 2.45) is 0 Å². The molecule has 26 heavy (non-hydrogen) atoms. The number of methoxy groups -OCH3 is 1. The average molecular weight is 352 g/mol. The van der Waals surface area contributed by atoms with Crippen molar-refractivity contribution < 1.29 is 18.7 Å². The van der Waals surface area contributed by atoms with Crippen LogP contribution in [0.2, 0.25) is 0 Å². The van der Waals surface area contributed by atoms with Gasteiger partial charge in [0, 0.05) is 0 Å². The monoisotopic (exact) mass is 352 g/mol. The lowest BCUT2D eigenvalue weighted by Gasteiger charge is -2.16. The van der Waals surface area contributed by atoms with Crippen LogP contribution in [0.5, 0.6) is 0 Å². The van der Waals surface area contributed by atoms with Crippen molar-refractivity contribution in [2.45, 2.75) is 6.04 Å². The fourth-order valence-corrected chi connectivity index (χ4v) is 2.38. The Morgan fingerprint density at radius 1 is 1.15 bits per heavy atom. The fraction of sp³-hybridized carbons (Fsp3) is 0.111. The molecule has 0 aliphatic heterocycles. The standard InChI is InChI=1S/C18H16N4O4/c1-25-17(24)15(11-6-3-2-4-7-11)22-16(23)13-10-12(20-18(19)21-13)14-8-5-9-26-14/h2-10,15H,1H3,(H,22,23)(H2,19,20,21)/t15-/m1/s1. The molecular weight excluding hydrogens is 336 g/mol. The number of furan rings is 1. The Labute approximate surface area is 149 Å². The largest absolute Gasteiger partial charge is 0.467 e. The van der Waals surface area contributed by atoms with Crippen LogP contribution in [0.1, 0.15) is 22.1 Å². The quantitative estimate of drug-likeness (QED) is 0.673. The van der Waals surface area contributed by atoms with Crippen molar-refractivity contribution in [2.75, 3.05) is 12.8 Å². The Balaban J connectivity index is 1.89. The van der Waals surface area contributed by atoms with Crippen molar-refractivity contribution in [3.05, 3.63) is 66.1 Å². The number of hydrogen-bond acceptors (Lipinski definition) is 7. The molecule has 2 heterocycles. The van der Waals surface area contributed by atoms with Gasteiger partial charge in [0.25, 0.3) is 5.91 Å². The van der Waals surface area contributed by atoms with Crippen LogP contribution in [0, 0.1) is 0 Å². The van der Waals surface area contributed by atoms with Gasteiger partial charge in [-0.25, -0.2) is 14.8 Å². The number of amides is 1. The van der Waals surface area contributed by atoms with E-state index in [4.69, 9.17) is 14.9 Å². The molecule has 1 amide bonds. The van der Waals surface area contributed by atoms with E-state index >= 15 is 0 Å². The third kappa shape index (κ3) is 3.69. The molecule has 1 atom stereocenters. The number of ether oxygens (including phenoxy) is 1. The first-order valence-corrected chi connectivity index (χ1v) is 7.70. The number of benzene rings is 1. The molecule has 2 aromatic heterocycles. The Bertz CT molecular complexity index is 910. The second kappa shape index (κ2) is 7.47. The van der Waals surface area contributed by atoms with E-state index in [0.717, 1.165) is 0 Å². The molecular formula is C18H16N4O4. The van der Waals surface area contributed by atoms with E-state index in [1.165, 1.54) is 19.4 Å². The van der Waals surface area contributed by atoms with Gasteiger partial charge in [0.1, 0.15) is 11.4 Å². The SMILES string of the molecule is COC(=O)[C@H](NC(=O)c1cc(-c2ccco2)nc(N)n1)c1ccccc1. The van der Waals surface area contributed by atoms with E-state index in [1.54, 1.807) is 42.5 Å². The highest BCUT2D eigenvalue weighted by Crippen LogP contribution is 2.20. The lowest BCUT2D eigenvalue weighted by molar-refractivity contribution is -0.143. The number of esters is 1. The molecule has 0 spiro atoms. The van der Waals surface area contributed by atoms with Crippen molar-refractivity contribution in [1.29, 1.82) is 0 Å². The number of carbonyl (C=O) groups excluding carboxylic acids is 2. The Morgan fingerprint density at radius 3 is 2.58 bits per heavy atom. The number of rotatable bonds is 5. The minimum Gasteiger partial charge on any atom is -0.467 e.